The molecule has 72 valence electrons. The van der Waals surface area contributed by atoms with Crippen LogP contribution in [-0.4, -0.2) is 19.3 Å². The second kappa shape index (κ2) is 4.83. The van der Waals surface area contributed by atoms with Crippen molar-refractivity contribution in [3.8, 4) is 0 Å². The van der Waals surface area contributed by atoms with Crippen molar-refractivity contribution in [3.05, 3.63) is 0 Å². The van der Waals surface area contributed by atoms with E-state index in [1.165, 1.54) is 12.8 Å². The summed E-state index contributed by atoms with van der Waals surface area (Å²) < 4.78 is 5.50. The van der Waals surface area contributed by atoms with Crippen LogP contribution in [0.25, 0.3) is 0 Å². The Morgan fingerprint density at radius 1 is 1.42 bits per heavy atom. The van der Waals surface area contributed by atoms with E-state index in [2.05, 4.69) is 13.8 Å². The van der Waals surface area contributed by atoms with Gasteiger partial charge in [-0.25, -0.2) is 0 Å². The van der Waals surface area contributed by atoms with E-state index in [-0.39, 0.29) is 6.04 Å². The van der Waals surface area contributed by atoms with Crippen molar-refractivity contribution in [2.75, 3.05) is 13.2 Å². The summed E-state index contributed by atoms with van der Waals surface area (Å²) in [5.74, 6) is 1.54. The van der Waals surface area contributed by atoms with E-state index in [1.807, 2.05) is 0 Å². The van der Waals surface area contributed by atoms with Crippen molar-refractivity contribution in [1.82, 2.24) is 0 Å². The van der Waals surface area contributed by atoms with Crippen LogP contribution in [-0.2, 0) is 4.74 Å². The quantitative estimate of drug-likeness (QED) is 0.661. The molecule has 0 radical (unpaired) electrons. The van der Waals surface area contributed by atoms with Gasteiger partial charge < -0.3 is 10.5 Å². The van der Waals surface area contributed by atoms with Gasteiger partial charge in [-0.3, -0.25) is 0 Å². The molecule has 0 heterocycles. The third-order valence-electron chi connectivity index (χ3n) is 2.16. The van der Waals surface area contributed by atoms with Crippen LogP contribution in [0.15, 0.2) is 0 Å². The predicted molar refractivity (Wildman–Crippen MR) is 51.0 cm³/mol. The van der Waals surface area contributed by atoms with E-state index in [0.717, 1.165) is 25.6 Å². The Bertz CT molecular complexity index is 121. The fourth-order valence-corrected chi connectivity index (χ4v) is 1.34. The highest BCUT2D eigenvalue weighted by Gasteiger charge is 2.21. The second-order valence-corrected chi connectivity index (χ2v) is 4.37. The van der Waals surface area contributed by atoms with E-state index in [4.69, 9.17) is 10.5 Å². The number of nitrogens with two attached hydrogens (primary N) is 1. The van der Waals surface area contributed by atoms with E-state index in [0.29, 0.717) is 5.92 Å². The maximum Gasteiger partial charge on any atom is 0.0617 e. The Morgan fingerprint density at radius 2 is 2.08 bits per heavy atom. The standard InChI is InChI=1S/C10H21NO/c1-8(2)5-10(11)7-12-6-9-3-4-9/h8-10H,3-7,11H2,1-2H3. The monoisotopic (exact) mass is 171 g/mol. The van der Waals surface area contributed by atoms with E-state index in [9.17, 15) is 0 Å². The van der Waals surface area contributed by atoms with E-state index < -0.39 is 0 Å². The summed E-state index contributed by atoms with van der Waals surface area (Å²) in [5.41, 5.74) is 5.86. The van der Waals surface area contributed by atoms with Crippen LogP contribution < -0.4 is 5.73 Å². The third kappa shape index (κ3) is 4.73. The molecule has 0 aromatic rings. The second-order valence-electron chi connectivity index (χ2n) is 4.37. The molecule has 1 aliphatic carbocycles. The molecule has 1 aliphatic rings. The lowest BCUT2D eigenvalue weighted by molar-refractivity contribution is 0.107. The number of rotatable bonds is 6. The lowest BCUT2D eigenvalue weighted by Crippen LogP contribution is -2.28. The molecule has 0 spiro atoms. The molecule has 2 N–H and O–H groups in total. The van der Waals surface area contributed by atoms with Gasteiger partial charge in [0.15, 0.2) is 0 Å². The first-order valence-corrected chi connectivity index (χ1v) is 5.01. The van der Waals surface area contributed by atoms with Gasteiger partial charge in [-0.15, -0.1) is 0 Å². The first-order valence-electron chi connectivity index (χ1n) is 5.01. The molecular weight excluding hydrogens is 150 g/mol. The average molecular weight is 171 g/mol. The molecule has 2 nitrogen and oxygen atoms in total. The van der Waals surface area contributed by atoms with Crippen molar-refractivity contribution >= 4 is 0 Å². The topological polar surface area (TPSA) is 35.2 Å². The lowest BCUT2D eigenvalue weighted by Gasteiger charge is -2.13. The van der Waals surface area contributed by atoms with Gasteiger partial charge in [0.05, 0.1) is 6.61 Å². The maximum absolute atomic E-state index is 5.86. The highest BCUT2D eigenvalue weighted by Crippen LogP contribution is 2.28. The molecule has 0 aromatic carbocycles. The summed E-state index contributed by atoms with van der Waals surface area (Å²) in [4.78, 5) is 0. The van der Waals surface area contributed by atoms with E-state index >= 15 is 0 Å². The van der Waals surface area contributed by atoms with Crippen LogP contribution in [0.3, 0.4) is 0 Å². The van der Waals surface area contributed by atoms with Crippen LogP contribution in [0.5, 0.6) is 0 Å². The number of hydrogen-bond donors (Lipinski definition) is 1. The molecule has 2 heteroatoms. The third-order valence-corrected chi connectivity index (χ3v) is 2.16. The van der Waals surface area contributed by atoms with Gasteiger partial charge >= 0.3 is 0 Å². The summed E-state index contributed by atoms with van der Waals surface area (Å²) in [6.07, 6.45) is 3.80. The van der Waals surface area contributed by atoms with E-state index in [1.54, 1.807) is 0 Å². The van der Waals surface area contributed by atoms with Crippen LogP contribution >= 0.6 is 0 Å². The van der Waals surface area contributed by atoms with Crippen molar-refractivity contribution < 1.29 is 4.74 Å². The molecule has 1 rings (SSSR count). The summed E-state index contributed by atoms with van der Waals surface area (Å²) in [7, 11) is 0. The summed E-state index contributed by atoms with van der Waals surface area (Å²) >= 11 is 0. The molecular formula is C10H21NO. The highest BCUT2D eigenvalue weighted by atomic mass is 16.5. The van der Waals surface area contributed by atoms with Gasteiger partial charge in [0.2, 0.25) is 0 Å². The number of hydrogen-bond acceptors (Lipinski definition) is 2. The van der Waals surface area contributed by atoms with Crippen molar-refractivity contribution in [3.63, 3.8) is 0 Å². The highest BCUT2D eigenvalue weighted by molar-refractivity contribution is 4.72. The molecule has 0 amide bonds. The molecule has 1 atom stereocenters. The molecule has 0 aliphatic heterocycles. The smallest absolute Gasteiger partial charge is 0.0617 e. The first-order chi connectivity index (χ1) is 5.68. The van der Waals surface area contributed by atoms with Crippen molar-refractivity contribution in [2.45, 2.75) is 39.2 Å². The lowest BCUT2D eigenvalue weighted by atomic mass is 10.1. The van der Waals surface area contributed by atoms with Gasteiger partial charge in [0.25, 0.3) is 0 Å². The molecule has 1 saturated carbocycles. The van der Waals surface area contributed by atoms with Crippen LogP contribution in [0.1, 0.15) is 33.1 Å². The summed E-state index contributed by atoms with van der Waals surface area (Å²) in [5, 5.41) is 0. The minimum atomic E-state index is 0.240. The Balaban J connectivity index is 1.89. The summed E-state index contributed by atoms with van der Waals surface area (Å²) in [6.45, 7) is 6.07. The summed E-state index contributed by atoms with van der Waals surface area (Å²) in [6, 6.07) is 0.240. The fraction of sp³-hybridized carbons (Fsp3) is 1.00. The largest absolute Gasteiger partial charge is 0.380 e. The molecule has 0 saturated heterocycles. The average Bonchev–Trinajstić information content (AvgIpc) is 2.69. The van der Waals surface area contributed by atoms with Crippen LogP contribution in [0, 0.1) is 11.8 Å². The van der Waals surface area contributed by atoms with Gasteiger partial charge in [0, 0.05) is 12.6 Å². The molecule has 0 bridgehead atoms. The van der Waals surface area contributed by atoms with Crippen molar-refractivity contribution in [2.24, 2.45) is 17.6 Å². The SMILES string of the molecule is CC(C)CC(N)COCC1CC1. The minimum absolute atomic E-state index is 0.240. The van der Waals surface area contributed by atoms with Crippen LogP contribution in [0.4, 0.5) is 0 Å². The Kier molecular flexibility index (Phi) is 4.02. The maximum atomic E-state index is 5.86. The van der Waals surface area contributed by atoms with Gasteiger partial charge in [-0.05, 0) is 31.1 Å². The van der Waals surface area contributed by atoms with Gasteiger partial charge in [-0.1, -0.05) is 13.8 Å². The zero-order valence-electron chi connectivity index (χ0n) is 8.25. The minimum Gasteiger partial charge on any atom is -0.380 e. The first kappa shape index (κ1) is 10.0. The molecule has 0 aromatic heterocycles. The van der Waals surface area contributed by atoms with Crippen molar-refractivity contribution in [1.29, 1.82) is 0 Å². The molecule has 1 fully saturated rings. The predicted octanol–water partition coefficient (Wildman–Crippen LogP) is 1.79. The Hall–Kier alpha value is -0.0800. The fourth-order valence-electron chi connectivity index (χ4n) is 1.34. The normalized spacial score (nSPS) is 20.0. The molecule has 1 unspecified atom stereocenters. The van der Waals surface area contributed by atoms with Crippen LogP contribution in [0.2, 0.25) is 0 Å². The zero-order chi connectivity index (χ0) is 8.97. The number of ether oxygens (including phenoxy) is 1. The van der Waals surface area contributed by atoms with Gasteiger partial charge in [-0.2, -0.15) is 0 Å². The Labute approximate surface area is 75.5 Å². The van der Waals surface area contributed by atoms with Gasteiger partial charge in [0.1, 0.15) is 0 Å². The molecule has 12 heavy (non-hydrogen) atoms. The Morgan fingerprint density at radius 3 is 2.58 bits per heavy atom. The zero-order valence-corrected chi connectivity index (χ0v) is 8.25.